The van der Waals surface area contributed by atoms with Gasteiger partial charge in [-0.1, -0.05) is 146 Å². The average molecular weight is 850 g/mol. The van der Waals surface area contributed by atoms with Gasteiger partial charge in [0, 0.05) is 51.2 Å². The summed E-state index contributed by atoms with van der Waals surface area (Å²) in [6.45, 7) is 6.53. The van der Waals surface area contributed by atoms with Crippen LogP contribution in [0, 0.1) is 20.8 Å². The molecule has 0 saturated carbocycles. The third-order valence-electron chi connectivity index (χ3n) is 12.4. The van der Waals surface area contributed by atoms with Crippen LogP contribution in [0.4, 0.5) is 51.2 Å². The molecule has 0 aromatic heterocycles. The van der Waals surface area contributed by atoms with E-state index in [4.69, 9.17) is 0 Å². The van der Waals surface area contributed by atoms with Crippen LogP contribution in [0.25, 0.3) is 33.4 Å². The van der Waals surface area contributed by atoms with Crippen molar-refractivity contribution in [3.63, 3.8) is 0 Å². The van der Waals surface area contributed by atoms with Crippen LogP contribution in [0.3, 0.4) is 0 Å². The van der Waals surface area contributed by atoms with Gasteiger partial charge in [0.05, 0.1) is 0 Å². The molecule has 0 heterocycles. The van der Waals surface area contributed by atoms with E-state index in [1.165, 1.54) is 16.7 Å². The first-order chi connectivity index (χ1) is 32.5. The highest BCUT2D eigenvalue weighted by Crippen LogP contribution is 2.42. The fourth-order valence-electron chi connectivity index (χ4n) is 8.99. The van der Waals surface area contributed by atoms with E-state index in [-0.39, 0.29) is 0 Å². The highest BCUT2D eigenvalue weighted by molar-refractivity contribution is 5.86. The van der Waals surface area contributed by atoms with Crippen molar-refractivity contribution in [2.45, 2.75) is 20.8 Å². The predicted molar refractivity (Wildman–Crippen MR) is 281 cm³/mol. The highest BCUT2D eigenvalue weighted by Gasteiger charge is 2.18. The van der Waals surface area contributed by atoms with Gasteiger partial charge in [-0.15, -0.1) is 0 Å². The number of hydrogen-bond donors (Lipinski definition) is 0. The Hall–Kier alpha value is -8.40. The molecule has 0 atom stereocenters. The van der Waals surface area contributed by atoms with Crippen LogP contribution < -0.4 is 14.7 Å². The van der Waals surface area contributed by atoms with Gasteiger partial charge in [-0.05, 0) is 180 Å². The second-order valence-corrected chi connectivity index (χ2v) is 16.8. The number of para-hydroxylation sites is 6. The first-order valence-corrected chi connectivity index (χ1v) is 22.7. The highest BCUT2D eigenvalue weighted by atomic mass is 15.2. The lowest BCUT2D eigenvalue weighted by molar-refractivity contribution is 1.25. The molecule has 0 spiro atoms. The Bertz CT molecular complexity index is 2840. The topological polar surface area (TPSA) is 9.72 Å². The van der Waals surface area contributed by atoms with Gasteiger partial charge in [-0.3, -0.25) is 0 Å². The van der Waals surface area contributed by atoms with Gasteiger partial charge in [0.25, 0.3) is 0 Å². The van der Waals surface area contributed by atoms with Crippen LogP contribution in [0.5, 0.6) is 0 Å². The maximum Gasteiger partial charge on any atom is 0.0490 e. The molecule has 0 aliphatic heterocycles. The molecule has 0 aliphatic carbocycles. The second kappa shape index (κ2) is 18.8. The van der Waals surface area contributed by atoms with Crippen molar-refractivity contribution < 1.29 is 0 Å². The summed E-state index contributed by atoms with van der Waals surface area (Å²) in [5, 5.41) is 0. The van der Waals surface area contributed by atoms with E-state index in [0.29, 0.717) is 0 Å². The summed E-state index contributed by atoms with van der Waals surface area (Å²) in [4.78, 5) is 7.03. The summed E-state index contributed by atoms with van der Waals surface area (Å²) in [5.74, 6) is 0. The van der Waals surface area contributed by atoms with Gasteiger partial charge in [0.1, 0.15) is 0 Å². The first kappa shape index (κ1) is 41.6. The lowest BCUT2D eigenvalue weighted by atomic mass is 9.93. The Kier molecular flexibility index (Phi) is 11.8. The Morgan fingerprint density at radius 3 is 0.652 bits per heavy atom. The lowest BCUT2D eigenvalue weighted by Gasteiger charge is -2.27. The molecule has 66 heavy (non-hydrogen) atoms. The molecule has 0 amide bonds. The molecule has 0 aliphatic rings. The van der Waals surface area contributed by atoms with Crippen molar-refractivity contribution in [1.29, 1.82) is 0 Å². The minimum atomic E-state index is 1.11. The number of nitrogens with zero attached hydrogens (tertiary/aromatic N) is 3. The second-order valence-electron chi connectivity index (χ2n) is 16.8. The monoisotopic (exact) mass is 849 g/mol. The maximum absolute atomic E-state index is 2.34. The van der Waals surface area contributed by atoms with Gasteiger partial charge >= 0.3 is 0 Å². The fourth-order valence-corrected chi connectivity index (χ4v) is 8.99. The Morgan fingerprint density at radius 1 is 0.197 bits per heavy atom. The van der Waals surface area contributed by atoms with Gasteiger partial charge in [-0.2, -0.15) is 0 Å². The smallest absolute Gasteiger partial charge is 0.0490 e. The predicted octanol–water partition coefficient (Wildman–Crippen LogP) is 18.0. The molecule has 0 unspecified atom stereocenters. The lowest BCUT2D eigenvalue weighted by Crippen LogP contribution is -2.11. The van der Waals surface area contributed by atoms with E-state index in [1.54, 1.807) is 0 Å². The summed E-state index contributed by atoms with van der Waals surface area (Å²) in [6.07, 6.45) is 0. The summed E-state index contributed by atoms with van der Waals surface area (Å²) in [6, 6.07) is 91.7. The van der Waals surface area contributed by atoms with Crippen LogP contribution in [-0.4, -0.2) is 0 Å². The normalized spacial score (nSPS) is 11.0. The standard InChI is InChI=1S/C63H51N3/c1-46-19-13-16-28-61(46)64(55-22-7-4-8-23-55)58-37-31-49(32-38-58)52-43-53(50-33-39-59(40-34-50)65(56-24-9-5-10-25-56)62-29-17-14-20-47(62)2)45-54(44-52)51-35-41-60(42-36-51)66(57-26-11-6-12-27-57)63-30-18-15-21-48(63)3/h4-45H,1-3H3. The summed E-state index contributed by atoms with van der Waals surface area (Å²) < 4.78 is 0. The molecule has 0 radical (unpaired) electrons. The molecule has 3 heteroatoms. The number of aryl methyl sites for hydroxylation is 3. The summed E-state index contributed by atoms with van der Waals surface area (Å²) >= 11 is 0. The SMILES string of the molecule is Cc1ccccc1N(c1ccccc1)c1ccc(-c2cc(-c3ccc(N(c4ccccc4)c4ccccc4C)cc3)cc(-c3ccc(N(c4ccccc4)c4ccccc4C)cc3)c2)cc1. The zero-order chi connectivity index (χ0) is 44.8. The minimum Gasteiger partial charge on any atom is -0.310 e. The molecule has 10 rings (SSSR count). The molecular formula is C63H51N3. The van der Waals surface area contributed by atoms with Crippen molar-refractivity contribution in [3.8, 4) is 33.4 Å². The largest absolute Gasteiger partial charge is 0.310 e. The van der Waals surface area contributed by atoms with Crippen molar-refractivity contribution in [3.05, 3.63) is 271 Å². The molecular weight excluding hydrogens is 799 g/mol. The van der Waals surface area contributed by atoms with E-state index in [9.17, 15) is 0 Å². The van der Waals surface area contributed by atoms with E-state index >= 15 is 0 Å². The molecule has 318 valence electrons. The van der Waals surface area contributed by atoms with Crippen molar-refractivity contribution in [2.24, 2.45) is 0 Å². The maximum atomic E-state index is 2.34. The number of rotatable bonds is 12. The van der Waals surface area contributed by atoms with Crippen LogP contribution >= 0.6 is 0 Å². The minimum absolute atomic E-state index is 1.11. The Morgan fingerprint density at radius 2 is 0.409 bits per heavy atom. The van der Waals surface area contributed by atoms with Crippen molar-refractivity contribution in [2.75, 3.05) is 14.7 Å². The van der Waals surface area contributed by atoms with E-state index in [2.05, 4.69) is 290 Å². The molecule has 10 aromatic rings. The first-order valence-electron chi connectivity index (χ1n) is 22.7. The summed E-state index contributed by atoms with van der Waals surface area (Å²) in [5.41, 5.74) is 20.7. The molecule has 3 nitrogen and oxygen atoms in total. The van der Waals surface area contributed by atoms with E-state index < -0.39 is 0 Å². The zero-order valence-electron chi connectivity index (χ0n) is 37.6. The average Bonchev–Trinajstić information content (AvgIpc) is 3.37. The number of anilines is 9. The third kappa shape index (κ3) is 8.63. The number of benzene rings is 10. The zero-order valence-corrected chi connectivity index (χ0v) is 37.6. The Labute approximate surface area is 389 Å². The van der Waals surface area contributed by atoms with Crippen LogP contribution in [0.2, 0.25) is 0 Å². The quantitative estimate of drug-likeness (QED) is 0.121. The van der Waals surface area contributed by atoms with Gasteiger partial charge < -0.3 is 14.7 Å². The van der Waals surface area contributed by atoms with Crippen LogP contribution in [0.15, 0.2) is 255 Å². The van der Waals surface area contributed by atoms with Crippen molar-refractivity contribution >= 4 is 51.2 Å². The number of hydrogen-bond acceptors (Lipinski definition) is 3. The molecule has 0 N–H and O–H groups in total. The van der Waals surface area contributed by atoms with Gasteiger partial charge in [0.15, 0.2) is 0 Å². The Balaban J connectivity index is 1.06. The molecule has 0 bridgehead atoms. The van der Waals surface area contributed by atoms with E-state index in [0.717, 1.165) is 84.6 Å². The molecule has 10 aromatic carbocycles. The van der Waals surface area contributed by atoms with Gasteiger partial charge in [-0.25, -0.2) is 0 Å². The van der Waals surface area contributed by atoms with E-state index in [1.807, 2.05) is 0 Å². The molecule has 0 fully saturated rings. The summed E-state index contributed by atoms with van der Waals surface area (Å²) in [7, 11) is 0. The fraction of sp³-hybridized carbons (Fsp3) is 0.0476. The van der Waals surface area contributed by atoms with Crippen LogP contribution in [0.1, 0.15) is 16.7 Å². The third-order valence-corrected chi connectivity index (χ3v) is 12.4. The van der Waals surface area contributed by atoms with Gasteiger partial charge in [0.2, 0.25) is 0 Å². The van der Waals surface area contributed by atoms with Crippen molar-refractivity contribution in [1.82, 2.24) is 0 Å². The van der Waals surface area contributed by atoms with Crippen LogP contribution in [-0.2, 0) is 0 Å². The molecule has 0 saturated heterocycles.